The number of methoxy groups -OCH3 is 1. The number of amides is 1. The van der Waals surface area contributed by atoms with Crippen molar-refractivity contribution >= 4 is 34.0 Å². The van der Waals surface area contributed by atoms with Crippen molar-refractivity contribution in [2.75, 3.05) is 18.6 Å². The third kappa shape index (κ3) is 6.55. The predicted octanol–water partition coefficient (Wildman–Crippen LogP) is 5.62. The Balaban J connectivity index is 1.62. The minimum absolute atomic E-state index is 0.000355. The third-order valence-electron chi connectivity index (χ3n) is 4.78. The highest BCUT2D eigenvalue weighted by molar-refractivity contribution is 7.14. The molecule has 1 amide bonds. The first-order valence-corrected chi connectivity index (χ1v) is 11.5. The molecule has 0 spiro atoms. The molecule has 33 heavy (non-hydrogen) atoms. The van der Waals surface area contributed by atoms with Gasteiger partial charge in [-0.05, 0) is 48.7 Å². The summed E-state index contributed by atoms with van der Waals surface area (Å²) in [5.74, 6) is 1.20. The van der Waals surface area contributed by atoms with Gasteiger partial charge >= 0.3 is 5.97 Å². The van der Waals surface area contributed by atoms with E-state index in [9.17, 15) is 9.59 Å². The highest BCUT2D eigenvalue weighted by atomic mass is 32.1. The summed E-state index contributed by atoms with van der Waals surface area (Å²) in [7, 11) is 1.55. The summed E-state index contributed by atoms with van der Waals surface area (Å²) in [5, 5.41) is 2.24. The van der Waals surface area contributed by atoms with Crippen molar-refractivity contribution in [3.8, 4) is 11.5 Å². The number of carbonyl (C=O) groups excluding carboxylic acids is 2. The lowest BCUT2D eigenvalue weighted by atomic mass is 10.1. The maximum absolute atomic E-state index is 12.4. The van der Waals surface area contributed by atoms with Gasteiger partial charge in [0.25, 0.3) is 0 Å². The van der Waals surface area contributed by atoms with E-state index in [1.54, 1.807) is 48.9 Å². The number of carbonyl (C=O) groups is 2. The van der Waals surface area contributed by atoms with Gasteiger partial charge < -0.3 is 14.2 Å². The quantitative estimate of drug-likeness (QED) is 0.360. The number of esters is 1. The number of para-hydroxylation sites is 2. The van der Waals surface area contributed by atoms with E-state index in [4.69, 9.17) is 14.2 Å². The van der Waals surface area contributed by atoms with Crippen molar-refractivity contribution in [2.24, 2.45) is 5.92 Å². The minimum Gasteiger partial charge on any atom is -0.495 e. The summed E-state index contributed by atoms with van der Waals surface area (Å²) in [4.78, 5) is 30.7. The van der Waals surface area contributed by atoms with Gasteiger partial charge in [0.2, 0.25) is 5.91 Å². The molecule has 0 radical (unpaired) electrons. The lowest BCUT2D eigenvalue weighted by Crippen LogP contribution is -2.23. The number of thiazole rings is 1. The minimum atomic E-state index is -0.452. The van der Waals surface area contributed by atoms with Gasteiger partial charge in [-0.15, -0.1) is 11.3 Å². The van der Waals surface area contributed by atoms with Crippen LogP contribution in [0.4, 0.5) is 10.8 Å². The Bertz CT molecular complexity index is 1080. The Labute approximate surface area is 197 Å². The van der Waals surface area contributed by atoms with Gasteiger partial charge in [-0.1, -0.05) is 26.0 Å². The largest absolute Gasteiger partial charge is 0.495 e. The van der Waals surface area contributed by atoms with Gasteiger partial charge in [0, 0.05) is 12.3 Å². The summed E-state index contributed by atoms with van der Waals surface area (Å²) < 4.78 is 16.5. The number of ether oxygens (including phenoxy) is 3. The smallest absolute Gasteiger partial charge is 0.338 e. The molecule has 7 nitrogen and oxygen atoms in total. The molecular formula is C25H28N2O5S. The number of hydrogen-bond donors (Lipinski definition) is 0. The van der Waals surface area contributed by atoms with Crippen LogP contribution in [0.25, 0.3) is 0 Å². The molecule has 0 saturated carbocycles. The second-order valence-corrected chi connectivity index (χ2v) is 8.62. The summed E-state index contributed by atoms with van der Waals surface area (Å²) in [6.45, 7) is 6.39. The lowest BCUT2D eigenvalue weighted by Gasteiger charge is -2.20. The Morgan fingerprint density at radius 2 is 1.82 bits per heavy atom. The van der Waals surface area contributed by atoms with Crippen LogP contribution in [0.1, 0.15) is 43.2 Å². The Morgan fingerprint density at radius 1 is 1.09 bits per heavy atom. The first kappa shape index (κ1) is 24.3. The zero-order chi connectivity index (χ0) is 23.8. The lowest BCUT2D eigenvalue weighted by molar-refractivity contribution is -0.115. The van der Waals surface area contributed by atoms with Gasteiger partial charge in [0.15, 0.2) is 5.13 Å². The number of hydrogen-bond acceptors (Lipinski definition) is 7. The standard InChI is InChI=1S/C25H28N2O5S/c1-17(2)13-14-31-21-11-9-19(10-12-21)24(29)32-15-20-16-33-25(26-20)27(18(3)28)22-7-5-6-8-23(22)30-4/h5-12,16-17H,13-15H2,1-4H3. The van der Waals surface area contributed by atoms with Crippen LogP contribution >= 0.6 is 11.3 Å². The van der Waals surface area contributed by atoms with E-state index in [1.165, 1.54) is 23.2 Å². The van der Waals surface area contributed by atoms with Crippen LogP contribution < -0.4 is 14.4 Å². The van der Waals surface area contributed by atoms with Gasteiger partial charge in [-0.2, -0.15) is 0 Å². The maximum Gasteiger partial charge on any atom is 0.338 e. The fraction of sp³-hybridized carbons (Fsp3) is 0.320. The number of benzene rings is 2. The van der Waals surface area contributed by atoms with Gasteiger partial charge in [0.1, 0.15) is 18.1 Å². The molecule has 0 N–H and O–H groups in total. The fourth-order valence-corrected chi connectivity index (χ4v) is 3.87. The SMILES string of the molecule is COc1ccccc1N(C(C)=O)c1nc(COC(=O)c2ccc(OCCC(C)C)cc2)cs1. The molecule has 0 aliphatic heterocycles. The Kier molecular flexibility index (Phi) is 8.43. The van der Waals surface area contributed by atoms with E-state index < -0.39 is 5.97 Å². The molecule has 1 heterocycles. The maximum atomic E-state index is 12.4. The topological polar surface area (TPSA) is 78.0 Å². The molecule has 0 fully saturated rings. The molecule has 0 aliphatic rings. The summed E-state index contributed by atoms with van der Waals surface area (Å²) in [6, 6.07) is 14.1. The Morgan fingerprint density at radius 3 is 2.48 bits per heavy atom. The second kappa shape index (κ2) is 11.5. The summed E-state index contributed by atoms with van der Waals surface area (Å²) in [5.41, 5.74) is 1.58. The molecule has 3 rings (SSSR count). The van der Waals surface area contributed by atoms with E-state index in [0.29, 0.717) is 40.4 Å². The zero-order valence-corrected chi connectivity index (χ0v) is 20.1. The molecular weight excluding hydrogens is 440 g/mol. The van der Waals surface area contributed by atoms with Crippen molar-refractivity contribution < 1.29 is 23.8 Å². The fourth-order valence-electron chi connectivity index (χ4n) is 3.01. The molecule has 3 aromatic rings. The number of nitrogens with zero attached hydrogens (tertiary/aromatic N) is 2. The van der Waals surface area contributed by atoms with Crippen LogP contribution in [0.2, 0.25) is 0 Å². The summed E-state index contributed by atoms with van der Waals surface area (Å²) in [6.07, 6.45) is 0.970. The van der Waals surface area contributed by atoms with E-state index in [-0.39, 0.29) is 12.5 Å². The molecule has 174 valence electrons. The predicted molar refractivity (Wildman–Crippen MR) is 128 cm³/mol. The molecule has 0 unspecified atom stereocenters. The molecule has 0 atom stereocenters. The second-order valence-electron chi connectivity index (χ2n) is 7.78. The van der Waals surface area contributed by atoms with Crippen molar-refractivity contribution in [1.29, 1.82) is 0 Å². The van der Waals surface area contributed by atoms with Crippen LogP contribution in [0, 0.1) is 5.92 Å². The number of anilines is 2. The molecule has 8 heteroatoms. The van der Waals surface area contributed by atoms with Crippen LogP contribution in [-0.4, -0.2) is 30.6 Å². The van der Waals surface area contributed by atoms with Gasteiger partial charge in [0.05, 0.1) is 30.7 Å². The molecule has 0 saturated heterocycles. The van der Waals surface area contributed by atoms with Crippen LogP contribution in [0.3, 0.4) is 0 Å². The number of rotatable bonds is 10. The van der Waals surface area contributed by atoms with Crippen molar-refractivity contribution in [2.45, 2.75) is 33.8 Å². The monoisotopic (exact) mass is 468 g/mol. The van der Waals surface area contributed by atoms with Crippen LogP contribution in [0.5, 0.6) is 11.5 Å². The van der Waals surface area contributed by atoms with Crippen molar-refractivity contribution in [3.63, 3.8) is 0 Å². The van der Waals surface area contributed by atoms with Crippen LogP contribution in [0.15, 0.2) is 53.9 Å². The van der Waals surface area contributed by atoms with Gasteiger partial charge in [-0.25, -0.2) is 9.78 Å². The summed E-state index contributed by atoms with van der Waals surface area (Å²) >= 11 is 1.29. The van der Waals surface area contributed by atoms with Crippen LogP contribution in [-0.2, 0) is 16.1 Å². The van der Waals surface area contributed by atoms with E-state index in [2.05, 4.69) is 18.8 Å². The van der Waals surface area contributed by atoms with Crippen molar-refractivity contribution in [1.82, 2.24) is 4.98 Å². The molecule has 0 bridgehead atoms. The normalized spacial score (nSPS) is 10.7. The van der Waals surface area contributed by atoms with Gasteiger partial charge in [-0.3, -0.25) is 9.69 Å². The first-order valence-electron chi connectivity index (χ1n) is 10.7. The Hall–Kier alpha value is -3.39. The average Bonchev–Trinajstić information content (AvgIpc) is 3.26. The highest BCUT2D eigenvalue weighted by Crippen LogP contribution is 2.35. The van der Waals surface area contributed by atoms with E-state index in [1.807, 2.05) is 12.1 Å². The molecule has 0 aliphatic carbocycles. The molecule has 1 aromatic heterocycles. The van der Waals surface area contributed by atoms with E-state index in [0.717, 1.165) is 12.2 Å². The van der Waals surface area contributed by atoms with E-state index >= 15 is 0 Å². The highest BCUT2D eigenvalue weighted by Gasteiger charge is 2.21. The first-order chi connectivity index (χ1) is 15.9. The third-order valence-corrected chi connectivity index (χ3v) is 5.65. The number of aromatic nitrogens is 1. The van der Waals surface area contributed by atoms with Crippen molar-refractivity contribution in [3.05, 3.63) is 65.2 Å². The molecule has 2 aromatic carbocycles. The zero-order valence-electron chi connectivity index (χ0n) is 19.2. The average molecular weight is 469 g/mol.